The van der Waals surface area contributed by atoms with Crippen molar-refractivity contribution in [1.82, 2.24) is 15.0 Å². The molecule has 7 nitrogen and oxygen atoms in total. The number of carbonyl (C=O) groups is 1. The molecule has 3 aliphatic rings. The molecule has 39 heavy (non-hydrogen) atoms. The molecule has 3 aromatic rings. The molecule has 7 heteroatoms. The average Bonchev–Trinajstić information content (AvgIpc) is 3.43. The molecule has 0 unspecified atom stereocenters. The summed E-state index contributed by atoms with van der Waals surface area (Å²) in [5.41, 5.74) is 7.94. The van der Waals surface area contributed by atoms with E-state index in [0.717, 1.165) is 73.0 Å². The third-order valence-electron chi connectivity index (χ3n) is 9.07. The molecule has 4 heterocycles. The van der Waals surface area contributed by atoms with Gasteiger partial charge in [0.25, 0.3) is 5.91 Å². The van der Waals surface area contributed by atoms with Gasteiger partial charge in [-0.25, -0.2) is 4.98 Å². The van der Waals surface area contributed by atoms with Crippen LogP contribution in [-0.4, -0.2) is 47.3 Å². The van der Waals surface area contributed by atoms with Gasteiger partial charge in [-0.2, -0.15) is 0 Å². The summed E-state index contributed by atoms with van der Waals surface area (Å²) in [5, 5.41) is 7.36. The first-order chi connectivity index (χ1) is 18.7. The number of amides is 1. The molecule has 2 saturated heterocycles. The van der Waals surface area contributed by atoms with Gasteiger partial charge in [0, 0.05) is 41.6 Å². The Kier molecular flexibility index (Phi) is 6.84. The number of nitrogens with one attached hydrogen (secondary N) is 1. The van der Waals surface area contributed by atoms with Crippen LogP contribution in [0.15, 0.2) is 41.1 Å². The Morgan fingerprint density at radius 1 is 1.23 bits per heavy atom. The highest BCUT2D eigenvalue weighted by atomic mass is 16.5. The summed E-state index contributed by atoms with van der Waals surface area (Å²) >= 11 is 0. The summed E-state index contributed by atoms with van der Waals surface area (Å²) in [6.45, 7) is 13.2. The number of piperidine rings is 1. The van der Waals surface area contributed by atoms with Gasteiger partial charge in [0.1, 0.15) is 12.0 Å². The number of likely N-dealkylation sites (tertiary alicyclic amines) is 1. The van der Waals surface area contributed by atoms with Crippen molar-refractivity contribution in [3.05, 3.63) is 75.9 Å². The van der Waals surface area contributed by atoms with Gasteiger partial charge in [0.15, 0.2) is 0 Å². The summed E-state index contributed by atoms with van der Waals surface area (Å²) in [4.78, 5) is 21.1. The standard InChI is InChI=1S/C32H40N4O3/c1-21-7-6-12-36(16-21)17-23-13-27(34-29-26(23)10-11-31(29,3)4)30(37)33-25-9-5-8-24(14-25)32(19-38-20-32)15-28-22(2)18-39-35-28/h5,8-9,13-14,18,21H,6-7,10-12,15-17,19-20H2,1-4H3,(H,33,37)/t21-/m0/s1. The maximum absolute atomic E-state index is 13.6. The van der Waals surface area contributed by atoms with Crippen LogP contribution < -0.4 is 5.32 Å². The molecule has 2 aromatic heterocycles. The molecule has 6 rings (SSSR count). The summed E-state index contributed by atoms with van der Waals surface area (Å²) in [6.07, 6.45) is 7.08. The molecule has 206 valence electrons. The summed E-state index contributed by atoms with van der Waals surface area (Å²) < 4.78 is 10.8. The molecule has 1 aliphatic carbocycles. The predicted octanol–water partition coefficient (Wildman–Crippen LogP) is 5.60. The molecular weight excluding hydrogens is 488 g/mol. The van der Waals surface area contributed by atoms with Gasteiger partial charge in [-0.05, 0) is 80.0 Å². The number of anilines is 1. The maximum atomic E-state index is 13.6. The minimum absolute atomic E-state index is 0.0225. The van der Waals surface area contributed by atoms with E-state index in [1.54, 1.807) is 6.26 Å². The van der Waals surface area contributed by atoms with Crippen molar-refractivity contribution in [3.63, 3.8) is 0 Å². The number of carbonyl (C=O) groups excluding carboxylic acids is 1. The lowest BCUT2D eigenvalue weighted by atomic mass is 9.74. The fourth-order valence-corrected chi connectivity index (χ4v) is 6.59. The molecule has 1 N–H and O–H groups in total. The molecule has 2 fully saturated rings. The van der Waals surface area contributed by atoms with Gasteiger partial charge in [0.05, 0.1) is 24.6 Å². The third-order valence-corrected chi connectivity index (χ3v) is 9.07. The summed E-state index contributed by atoms with van der Waals surface area (Å²) in [5.74, 6) is 0.565. The maximum Gasteiger partial charge on any atom is 0.274 e. The largest absolute Gasteiger partial charge is 0.379 e. The van der Waals surface area contributed by atoms with Crippen molar-refractivity contribution in [1.29, 1.82) is 0 Å². The van der Waals surface area contributed by atoms with Crippen LogP contribution in [0.1, 0.15) is 84.2 Å². The van der Waals surface area contributed by atoms with Crippen LogP contribution in [0.3, 0.4) is 0 Å². The normalized spacial score (nSPS) is 21.8. The number of benzene rings is 1. The smallest absolute Gasteiger partial charge is 0.274 e. The van der Waals surface area contributed by atoms with Gasteiger partial charge >= 0.3 is 0 Å². The van der Waals surface area contributed by atoms with Crippen molar-refractivity contribution in [2.45, 2.75) is 77.2 Å². The Morgan fingerprint density at radius 2 is 2.08 bits per heavy atom. The zero-order valence-corrected chi connectivity index (χ0v) is 23.7. The van der Waals surface area contributed by atoms with E-state index in [1.807, 2.05) is 25.1 Å². The Labute approximate surface area is 231 Å². The second-order valence-corrected chi connectivity index (χ2v) is 12.8. The van der Waals surface area contributed by atoms with E-state index in [2.05, 4.69) is 48.3 Å². The average molecular weight is 529 g/mol. The van der Waals surface area contributed by atoms with Crippen LogP contribution in [0.25, 0.3) is 0 Å². The molecule has 0 saturated carbocycles. The molecule has 1 aromatic carbocycles. The monoisotopic (exact) mass is 528 g/mol. The van der Waals surface area contributed by atoms with Crippen LogP contribution in [0.4, 0.5) is 5.69 Å². The highest BCUT2D eigenvalue weighted by Crippen LogP contribution is 2.40. The lowest BCUT2D eigenvalue weighted by Crippen LogP contribution is -2.48. The Hall–Kier alpha value is -3.03. The summed E-state index contributed by atoms with van der Waals surface area (Å²) in [7, 11) is 0. The lowest BCUT2D eigenvalue weighted by molar-refractivity contribution is -0.0606. The molecule has 0 radical (unpaired) electrons. The van der Waals surface area contributed by atoms with Crippen molar-refractivity contribution < 1.29 is 14.1 Å². The fourth-order valence-electron chi connectivity index (χ4n) is 6.59. The number of fused-ring (bicyclic) bond motifs is 1. The van der Waals surface area contributed by atoms with Crippen LogP contribution in [0, 0.1) is 12.8 Å². The zero-order valence-electron chi connectivity index (χ0n) is 23.7. The van der Waals surface area contributed by atoms with Gasteiger partial charge in [-0.15, -0.1) is 0 Å². The molecule has 0 spiro atoms. The molecule has 1 atom stereocenters. The molecular formula is C32H40N4O3. The van der Waals surface area contributed by atoms with E-state index in [4.69, 9.17) is 14.2 Å². The molecule has 1 amide bonds. The highest BCUT2D eigenvalue weighted by molar-refractivity contribution is 6.03. The number of hydrogen-bond acceptors (Lipinski definition) is 6. The third kappa shape index (κ3) is 5.14. The number of hydrogen-bond donors (Lipinski definition) is 1. The first kappa shape index (κ1) is 26.2. The predicted molar refractivity (Wildman–Crippen MR) is 151 cm³/mol. The first-order valence-electron chi connectivity index (χ1n) is 14.4. The van der Waals surface area contributed by atoms with Gasteiger partial charge in [0.2, 0.25) is 0 Å². The minimum atomic E-state index is -0.170. The number of pyridine rings is 1. The van der Waals surface area contributed by atoms with E-state index in [1.165, 1.54) is 24.0 Å². The zero-order chi connectivity index (χ0) is 27.2. The fraction of sp³-hybridized carbons (Fsp3) is 0.531. The second kappa shape index (κ2) is 10.2. The SMILES string of the molecule is Cc1conc1CC1(c2cccc(NC(=O)c3cc(CN4CCC[C@H](C)C4)c4c(n3)C(C)(C)CC4)c2)COC1. The van der Waals surface area contributed by atoms with E-state index in [-0.39, 0.29) is 16.7 Å². The topological polar surface area (TPSA) is 80.5 Å². The first-order valence-corrected chi connectivity index (χ1v) is 14.4. The van der Waals surface area contributed by atoms with E-state index in [9.17, 15) is 4.79 Å². The second-order valence-electron chi connectivity index (χ2n) is 12.8. The lowest BCUT2D eigenvalue weighted by Gasteiger charge is -2.42. The van der Waals surface area contributed by atoms with Gasteiger partial charge in [-0.1, -0.05) is 38.1 Å². The van der Waals surface area contributed by atoms with Crippen LogP contribution >= 0.6 is 0 Å². The van der Waals surface area contributed by atoms with Crippen LogP contribution in [-0.2, 0) is 35.0 Å². The van der Waals surface area contributed by atoms with Crippen molar-refractivity contribution in [3.8, 4) is 0 Å². The van der Waals surface area contributed by atoms with Crippen molar-refractivity contribution in [2.75, 3.05) is 31.6 Å². The number of aryl methyl sites for hydroxylation is 1. The highest BCUT2D eigenvalue weighted by Gasteiger charge is 2.42. The van der Waals surface area contributed by atoms with Gasteiger partial charge < -0.3 is 14.6 Å². The van der Waals surface area contributed by atoms with Gasteiger partial charge in [-0.3, -0.25) is 9.69 Å². The summed E-state index contributed by atoms with van der Waals surface area (Å²) in [6, 6.07) is 10.2. The van der Waals surface area contributed by atoms with Crippen LogP contribution in [0.5, 0.6) is 0 Å². The van der Waals surface area contributed by atoms with Crippen molar-refractivity contribution in [2.24, 2.45) is 5.92 Å². The molecule has 2 aliphatic heterocycles. The number of nitrogens with zero attached hydrogens (tertiary/aromatic N) is 3. The van der Waals surface area contributed by atoms with Crippen LogP contribution in [0.2, 0.25) is 0 Å². The van der Waals surface area contributed by atoms with Crippen molar-refractivity contribution >= 4 is 11.6 Å². The Morgan fingerprint density at radius 3 is 2.79 bits per heavy atom. The number of aromatic nitrogens is 2. The van der Waals surface area contributed by atoms with E-state index in [0.29, 0.717) is 18.9 Å². The van der Waals surface area contributed by atoms with E-state index < -0.39 is 0 Å². The Bertz CT molecular complexity index is 1370. The molecule has 0 bridgehead atoms. The Balaban J connectivity index is 1.25. The quantitative estimate of drug-likeness (QED) is 0.430. The minimum Gasteiger partial charge on any atom is -0.379 e. The number of rotatable bonds is 7. The van der Waals surface area contributed by atoms with E-state index >= 15 is 0 Å². The number of ether oxygens (including phenoxy) is 1.